The highest BCUT2D eigenvalue weighted by Gasteiger charge is 2.15. The molecule has 0 aliphatic rings. The Morgan fingerprint density at radius 1 is 1.05 bits per heavy atom. The maximum Gasteiger partial charge on any atom is 0.275 e. The smallest absolute Gasteiger partial charge is 0.275 e. The van der Waals surface area contributed by atoms with E-state index in [9.17, 15) is 4.79 Å². The second-order valence-electron chi connectivity index (χ2n) is 5.54. The summed E-state index contributed by atoms with van der Waals surface area (Å²) in [5, 5.41) is 0. The third-order valence-corrected chi connectivity index (χ3v) is 3.66. The zero-order chi connectivity index (χ0) is 14.3. The first kappa shape index (κ1) is 12.9. The maximum atomic E-state index is 12.8. The molecule has 0 saturated heterocycles. The van der Waals surface area contributed by atoms with Crippen LogP contribution in [-0.4, -0.2) is 34.5 Å². The van der Waals surface area contributed by atoms with E-state index < -0.39 is 0 Å². The number of nitrogens with zero attached hydrogens (tertiary/aromatic N) is 3. The van der Waals surface area contributed by atoms with Gasteiger partial charge in [0.25, 0.3) is 5.56 Å². The van der Waals surface area contributed by atoms with Crippen molar-refractivity contribution in [1.29, 1.82) is 0 Å². The lowest BCUT2D eigenvalue weighted by molar-refractivity contribution is 0.337. The molecule has 3 rings (SSSR count). The summed E-state index contributed by atoms with van der Waals surface area (Å²) in [7, 11) is 4.05. The second-order valence-corrected chi connectivity index (χ2v) is 5.54. The molecular formula is C16H19N3O. The van der Waals surface area contributed by atoms with Crippen LogP contribution in [0, 0.1) is 0 Å². The number of para-hydroxylation sites is 2. The molecule has 4 heteroatoms. The van der Waals surface area contributed by atoms with E-state index in [1.165, 1.54) is 0 Å². The molecule has 3 aromatic rings. The van der Waals surface area contributed by atoms with E-state index in [4.69, 9.17) is 0 Å². The average molecular weight is 269 g/mol. The number of aromatic nitrogens is 2. The van der Waals surface area contributed by atoms with Crippen LogP contribution < -0.4 is 5.56 Å². The Balaban J connectivity index is 2.38. The van der Waals surface area contributed by atoms with E-state index in [1.807, 2.05) is 59.6 Å². The molecule has 0 aliphatic carbocycles. The van der Waals surface area contributed by atoms with E-state index >= 15 is 0 Å². The van der Waals surface area contributed by atoms with Crippen LogP contribution in [0.25, 0.3) is 16.6 Å². The maximum absolute atomic E-state index is 12.8. The minimum atomic E-state index is 0.0723. The molecule has 104 valence electrons. The van der Waals surface area contributed by atoms with Crippen LogP contribution in [0.2, 0.25) is 0 Å². The summed E-state index contributed by atoms with van der Waals surface area (Å²) in [5.74, 6) is 0. The Hall–Kier alpha value is -2.07. The topological polar surface area (TPSA) is 29.7 Å². The van der Waals surface area contributed by atoms with Crippen molar-refractivity contribution >= 4 is 16.6 Å². The van der Waals surface area contributed by atoms with Gasteiger partial charge in [0, 0.05) is 18.8 Å². The van der Waals surface area contributed by atoms with Crippen LogP contribution in [0.5, 0.6) is 0 Å². The molecule has 1 unspecified atom stereocenters. The Morgan fingerprint density at radius 3 is 2.40 bits per heavy atom. The summed E-state index contributed by atoms with van der Waals surface area (Å²) in [4.78, 5) is 14.9. The van der Waals surface area contributed by atoms with Gasteiger partial charge in [-0.1, -0.05) is 12.1 Å². The van der Waals surface area contributed by atoms with Gasteiger partial charge in [-0.05, 0) is 45.3 Å². The predicted molar refractivity (Wildman–Crippen MR) is 82.4 cm³/mol. The van der Waals surface area contributed by atoms with Gasteiger partial charge in [0.05, 0.1) is 11.0 Å². The third kappa shape index (κ3) is 1.93. The highest BCUT2D eigenvalue weighted by Crippen LogP contribution is 2.18. The van der Waals surface area contributed by atoms with Crippen molar-refractivity contribution < 1.29 is 0 Å². The van der Waals surface area contributed by atoms with E-state index in [0.29, 0.717) is 0 Å². The number of benzene rings is 1. The fourth-order valence-corrected chi connectivity index (χ4v) is 2.92. The van der Waals surface area contributed by atoms with Gasteiger partial charge in [-0.15, -0.1) is 0 Å². The molecule has 2 aromatic heterocycles. The number of likely N-dealkylation sites (N-methyl/N-ethyl adjacent to an activating group) is 1. The molecule has 2 heterocycles. The summed E-state index contributed by atoms with van der Waals surface area (Å²) >= 11 is 0. The lowest BCUT2D eigenvalue weighted by Crippen LogP contribution is -2.31. The summed E-state index contributed by atoms with van der Waals surface area (Å²) < 4.78 is 3.88. The lowest BCUT2D eigenvalue weighted by atomic mass is 10.2. The van der Waals surface area contributed by atoms with Crippen LogP contribution >= 0.6 is 0 Å². The Bertz CT molecular complexity index is 813. The second kappa shape index (κ2) is 4.80. The average Bonchev–Trinajstić information content (AvgIpc) is 2.88. The van der Waals surface area contributed by atoms with Crippen molar-refractivity contribution in [3.05, 3.63) is 52.9 Å². The summed E-state index contributed by atoms with van der Waals surface area (Å²) in [6.45, 7) is 2.92. The molecule has 20 heavy (non-hydrogen) atoms. The number of hydrogen-bond donors (Lipinski definition) is 0. The SMILES string of the molecule is CC(CN(C)C)n1c(=O)c2cccn2c2ccccc21. The van der Waals surface area contributed by atoms with Crippen LogP contribution in [0.3, 0.4) is 0 Å². The third-order valence-electron chi connectivity index (χ3n) is 3.66. The molecule has 0 radical (unpaired) electrons. The van der Waals surface area contributed by atoms with Gasteiger partial charge in [0.15, 0.2) is 0 Å². The molecule has 0 bridgehead atoms. The highest BCUT2D eigenvalue weighted by molar-refractivity contribution is 5.79. The number of fused-ring (bicyclic) bond motifs is 3. The molecule has 1 aromatic carbocycles. The minimum Gasteiger partial charge on any atom is -0.310 e. The van der Waals surface area contributed by atoms with E-state index in [-0.39, 0.29) is 11.6 Å². The van der Waals surface area contributed by atoms with Crippen LogP contribution in [0.1, 0.15) is 13.0 Å². The zero-order valence-corrected chi connectivity index (χ0v) is 12.1. The van der Waals surface area contributed by atoms with Crippen molar-refractivity contribution in [1.82, 2.24) is 13.9 Å². The summed E-state index contributed by atoms with van der Waals surface area (Å²) in [5.41, 5.74) is 2.85. The van der Waals surface area contributed by atoms with E-state index in [1.54, 1.807) is 0 Å². The quantitative estimate of drug-likeness (QED) is 0.730. The van der Waals surface area contributed by atoms with Crippen LogP contribution in [0.4, 0.5) is 0 Å². The lowest BCUT2D eigenvalue weighted by Gasteiger charge is -2.22. The Morgan fingerprint density at radius 2 is 1.70 bits per heavy atom. The molecule has 1 atom stereocenters. The Labute approximate surface area is 117 Å². The van der Waals surface area contributed by atoms with Gasteiger partial charge in [-0.2, -0.15) is 0 Å². The highest BCUT2D eigenvalue weighted by atomic mass is 16.1. The normalized spacial score (nSPS) is 13.4. The van der Waals surface area contributed by atoms with Gasteiger partial charge in [0.1, 0.15) is 5.52 Å². The Kier molecular flexibility index (Phi) is 3.10. The van der Waals surface area contributed by atoms with E-state index in [2.05, 4.69) is 17.9 Å². The fourth-order valence-electron chi connectivity index (χ4n) is 2.92. The molecule has 0 N–H and O–H groups in total. The first-order valence-electron chi connectivity index (χ1n) is 6.84. The van der Waals surface area contributed by atoms with Crippen molar-refractivity contribution in [2.24, 2.45) is 0 Å². The number of hydrogen-bond acceptors (Lipinski definition) is 2. The minimum absolute atomic E-state index is 0.0723. The van der Waals surface area contributed by atoms with Gasteiger partial charge >= 0.3 is 0 Å². The molecule has 0 spiro atoms. The first-order chi connectivity index (χ1) is 9.59. The molecule has 0 amide bonds. The molecule has 0 fully saturated rings. The fraction of sp³-hybridized carbons (Fsp3) is 0.312. The van der Waals surface area contributed by atoms with Crippen molar-refractivity contribution in [2.45, 2.75) is 13.0 Å². The van der Waals surface area contributed by atoms with Gasteiger partial charge in [-0.3, -0.25) is 4.79 Å². The molecular weight excluding hydrogens is 250 g/mol. The van der Waals surface area contributed by atoms with Crippen molar-refractivity contribution in [3.63, 3.8) is 0 Å². The van der Waals surface area contributed by atoms with Crippen LogP contribution in [0.15, 0.2) is 47.4 Å². The van der Waals surface area contributed by atoms with E-state index in [0.717, 1.165) is 23.1 Å². The van der Waals surface area contributed by atoms with Gasteiger partial charge in [0.2, 0.25) is 0 Å². The zero-order valence-electron chi connectivity index (χ0n) is 12.1. The molecule has 0 aliphatic heterocycles. The van der Waals surface area contributed by atoms with Gasteiger partial charge < -0.3 is 13.9 Å². The van der Waals surface area contributed by atoms with Crippen molar-refractivity contribution in [3.8, 4) is 0 Å². The standard InChI is InChI=1S/C16H19N3O/c1-12(11-17(2)3)19-14-8-5-4-7-13(14)18-10-6-9-15(18)16(19)20/h4-10,12H,11H2,1-3H3. The largest absolute Gasteiger partial charge is 0.310 e. The summed E-state index contributed by atoms with van der Waals surface area (Å²) in [6.07, 6.45) is 1.94. The molecule has 0 saturated carbocycles. The van der Waals surface area contributed by atoms with Crippen LogP contribution in [-0.2, 0) is 0 Å². The van der Waals surface area contributed by atoms with Gasteiger partial charge in [-0.25, -0.2) is 0 Å². The first-order valence-corrected chi connectivity index (χ1v) is 6.84. The van der Waals surface area contributed by atoms with Crippen molar-refractivity contribution in [2.75, 3.05) is 20.6 Å². The number of rotatable bonds is 3. The molecule has 4 nitrogen and oxygen atoms in total. The summed E-state index contributed by atoms with van der Waals surface area (Å²) in [6, 6.07) is 12.0. The monoisotopic (exact) mass is 269 g/mol. The predicted octanol–water partition coefficient (Wildman–Crippen LogP) is 2.38.